The van der Waals surface area contributed by atoms with Crippen molar-refractivity contribution in [1.82, 2.24) is 14.9 Å². The Bertz CT molecular complexity index is 689. The molecular formula is C19H24N4O. The number of hydrogen-bond acceptors (Lipinski definition) is 4. The van der Waals surface area contributed by atoms with E-state index in [1.165, 1.54) is 6.42 Å². The summed E-state index contributed by atoms with van der Waals surface area (Å²) < 4.78 is 0. The molecule has 1 aliphatic rings. The maximum Gasteiger partial charge on any atom is 0.272 e. The first-order valence-corrected chi connectivity index (χ1v) is 8.57. The molecule has 1 N–H and O–H groups in total. The molecule has 1 aromatic heterocycles. The number of benzene rings is 1. The van der Waals surface area contributed by atoms with Gasteiger partial charge >= 0.3 is 0 Å². The number of amides is 1. The van der Waals surface area contributed by atoms with Crippen molar-refractivity contribution in [3.63, 3.8) is 0 Å². The van der Waals surface area contributed by atoms with Gasteiger partial charge in [0.25, 0.3) is 5.91 Å². The molecular weight excluding hydrogens is 300 g/mol. The number of likely N-dealkylation sites (tertiary alicyclic amines) is 1. The normalized spacial score (nSPS) is 18.9. The summed E-state index contributed by atoms with van der Waals surface area (Å²) in [5.41, 5.74) is 1.62. The molecule has 2 unspecified atom stereocenters. The second-order valence-electron chi connectivity index (χ2n) is 6.54. The molecule has 1 aliphatic heterocycles. The first-order chi connectivity index (χ1) is 11.6. The third-order valence-corrected chi connectivity index (χ3v) is 4.46. The van der Waals surface area contributed by atoms with E-state index in [4.69, 9.17) is 0 Å². The molecule has 2 atom stereocenters. The second kappa shape index (κ2) is 7.43. The fourth-order valence-corrected chi connectivity index (χ4v) is 3.10. The lowest BCUT2D eigenvalue weighted by molar-refractivity contribution is 0.0677. The van der Waals surface area contributed by atoms with Crippen molar-refractivity contribution in [3.05, 3.63) is 53.9 Å². The van der Waals surface area contributed by atoms with Crippen LogP contribution in [-0.4, -0.2) is 33.9 Å². The van der Waals surface area contributed by atoms with Crippen LogP contribution in [0.2, 0.25) is 0 Å². The molecule has 1 aromatic carbocycles. The highest BCUT2D eigenvalue weighted by atomic mass is 16.2. The van der Waals surface area contributed by atoms with Gasteiger partial charge in [-0.05, 0) is 37.3 Å². The van der Waals surface area contributed by atoms with Crippen molar-refractivity contribution >= 4 is 11.9 Å². The average molecular weight is 324 g/mol. The summed E-state index contributed by atoms with van der Waals surface area (Å²) in [6.07, 6.45) is 3.90. The Morgan fingerprint density at radius 3 is 2.83 bits per heavy atom. The third kappa shape index (κ3) is 3.91. The fraction of sp³-hybridized carbons (Fsp3) is 0.421. The van der Waals surface area contributed by atoms with E-state index in [2.05, 4.69) is 41.3 Å². The molecule has 1 fully saturated rings. The van der Waals surface area contributed by atoms with Crippen molar-refractivity contribution in [2.75, 3.05) is 18.4 Å². The number of carbonyl (C=O) groups excluding carboxylic acids is 1. The smallest absolute Gasteiger partial charge is 0.272 e. The van der Waals surface area contributed by atoms with Crippen LogP contribution in [0, 0.1) is 5.92 Å². The van der Waals surface area contributed by atoms with Gasteiger partial charge in [-0.15, -0.1) is 0 Å². The predicted octanol–water partition coefficient (Wildman–Crippen LogP) is 3.52. The lowest BCUT2D eigenvalue weighted by Crippen LogP contribution is -2.39. The van der Waals surface area contributed by atoms with E-state index in [9.17, 15) is 4.79 Å². The Kier molecular flexibility index (Phi) is 5.08. The highest BCUT2D eigenvalue weighted by Crippen LogP contribution is 2.19. The first-order valence-electron chi connectivity index (χ1n) is 8.57. The van der Waals surface area contributed by atoms with Gasteiger partial charge in [0.1, 0.15) is 5.69 Å². The number of anilines is 1. The number of piperidine rings is 1. The Labute approximate surface area is 143 Å². The summed E-state index contributed by atoms with van der Waals surface area (Å²) >= 11 is 0. The van der Waals surface area contributed by atoms with Crippen molar-refractivity contribution in [3.8, 4) is 0 Å². The minimum absolute atomic E-state index is 0.000589. The first kappa shape index (κ1) is 16.4. The molecule has 5 heteroatoms. The number of rotatable bonds is 4. The van der Waals surface area contributed by atoms with Crippen LogP contribution in [0.5, 0.6) is 0 Å². The topological polar surface area (TPSA) is 58.1 Å². The molecule has 1 saturated heterocycles. The molecule has 0 bridgehead atoms. The van der Waals surface area contributed by atoms with Crippen molar-refractivity contribution in [1.29, 1.82) is 0 Å². The van der Waals surface area contributed by atoms with Crippen LogP contribution in [0.25, 0.3) is 0 Å². The molecule has 3 rings (SSSR count). The Hall–Kier alpha value is -2.43. The number of hydrogen-bond donors (Lipinski definition) is 1. The zero-order valence-electron chi connectivity index (χ0n) is 14.3. The molecule has 1 amide bonds. The van der Waals surface area contributed by atoms with Gasteiger partial charge in [0, 0.05) is 19.3 Å². The lowest BCUT2D eigenvalue weighted by Gasteiger charge is -2.30. The van der Waals surface area contributed by atoms with Crippen LogP contribution in [-0.2, 0) is 0 Å². The van der Waals surface area contributed by atoms with Crippen LogP contribution in [0.1, 0.15) is 48.8 Å². The Morgan fingerprint density at radius 2 is 2.08 bits per heavy atom. The molecule has 0 radical (unpaired) electrons. The minimum Gasteiger partial charge on any atom is -0.348 e. The van der Waals surface area contributed by atoms with E-state index in [1.807, 2.05) is 23.1 Å². The van der Waals surface area contributed by atoms with E-state index >= 15 is 0 Å². The van der Waals surface area contributed by atoms with E-state index in [0.717, 1.165) is 25.1 Å². The van der Waals surface area contributed by atoms with Gasteiger partial charge in [-0.25, -0.2) is 9.97 Å². The van der Waals surface area contributed by atoms with Crippen molar-refractivity contribution in [2.45, 2.75) is 32.7 Å². The molecule has 24 heavy (non-hydrogen) atoms. The third-order valence-electron chi connectivity index (χ3n) is 4.46. The number of aromatic nitrogens is 2. The van der Waals surface area contributed by atoms with Gasteiger partial charge in [-0.2, -0.15) is 0 Å². The molecule has 0 spiro atoms. The van der Waals surface area contributed by atoms with Crippen LogP contribution in [0.4, 0.5) is 5.95 Å². The molecule has 0 saturated carbocycles. The van der Waals surface area contributed by atoms with Crippen molar-refractivity contribution in [2.24, 2.45) is 5.92 Å². The number of nitrogens with zero attached hydrogens (tertiary/aromatic N) is 3. The molecule has 2 heterocycles. The van der Waals surface area contributed by atoms with Crippen LogP contribution in [0.3, 0.4) is 0 Å². The zero-order valence-corrected chi connectivity index (χ0v) is 14.3. The molecule has 5 nitrogen and oxygen atoms in total. The van der Waals surface area contributed by atoms with Gasteiger partial charge in [0.05, 0.1) is 6.04 Å². The number of nitrogens with one attached hydrogen (secondary N) is 1. The zero-order chi connectivity index (χ0) is 16.9. The summed E-state index contributed by atoms with van der Waals surface area (Å²) in [5, 5.41) is 3.27. The lowest BCUT2D eigenvalue weighted by atomic mass is 10.00. The summed E-state index contributed by atoms with van der Waals surface area (Å²) in [6, 6.07) is 11.9. The van der Waals surface area contributed by atoms with Gasteiger partial charge < -0.3 is 10.2 Å². The van der Waals surface area contributed by atoms with Crippen molar-refractivity contribution < 1.29 is 4.79 Å². The van der Waals surface area contributed by atoms with E-state index < -0.39 is 0 Å². The van der Waals surface area contributed by atoms with Crippen LogP contribution >= 0.6 is 0 Å². The SMILES string of the molecule is CC1CCCN(C(=O)c2ccnc(NC(C)c3ccccc3)n2)C1. The highest BCUT2D eigenvalue weighted by molar-refractivity contribution is 5.92. The summed E-state index contributed by atoms with van der Waals surface area (Å²) in [7, 11) is 0. The molecule has 2 aromatic rings. The molecule has 126 valence electrons. The van der Waals surface area contributed by atoms with Gasteiger partial charge in [0.2, 0.25) is 5.95 Å². The van der Waals surface area contributed by atoms with E-state index in [1.54, 1.807) is 12.3 Å². The van der Waals surface area contributed by atoms with Gasteiger partial charge in [0.15, 0.2) is 0 Å². The average Bonchev–Trinajstić information content (AvgIpc) is 2.62. The van der Waals surface area contributed by atoms with Gasteiger partial charge in [-0.3, -0.25) is 4.79 Å². The summed E-state index contributed by atoms with van der Waals surface area (Å²) in [6.45, 7) is 5.87. The Balaban J connectivity index is 1.71. The fourth-order valence-electron chi connectivity index (χ4n) is 3.10. The maximum absolute atomic E-state index is 12.7. The minimum atomic E-state index is -0.000589. The quantitative estimate of drug-likeness (QED) is 0.935. The van der Waals surface area contributed by atoms with E-state index in [0.29, 0.717) is 17.6 Å². The van der Waals surface area contributed by atoms with Crippen LogP contribution < -0.4 is 5.32 Å². The predicted molar refractivity (Wildman–Crippen MR) is 94.8 cm³/mol. The monoisotopic (exact) mass is 324 g/mol. The standard InChI is InChI=1S/C19H24N4O/c1-14-7-6-12-23(13-14)18(24)17-10-11-20-19(22-17)21-15(2)16-8-4-3-5-9-16/h3-5,8-11,14-15H,6-7,12-13H2,1-2H3,(H,20,21,22). The van der Waals surface area contributed by atoms with Crippen LogP contribution in [0.15, 0.2) is 42.6 Å². The second-order valence-corrected chi connectivity index (χ2v) is 6.54. The molecule has 0 aliphatic carbocycles. The Morgan fingerprint density at radius 1 is 1.29 bits per heavy atom. The van der Waals surface area contributed by atoms with Gasteiger partial charge in [-0.1, -0.05) is 37.3 Å². The largest absolute Gasteiger partial charge is 0.348 e. The number of carbonyl (C=O) groups is 1. The van der Waals surface area contributed by atoms with E-state index in [-0.39, 0.29) is 11.9 Å². The summed E-state index contributed by atoms with van der Waals surface area (Å²) in [4.78, 5) is 23.2. The maximum atomic E-state index is 12.7. The highest BCUT2D eigenvalue weighted by Gasteiger charge is 2.23. The summed E-state index contributed by atoms with van der Waals surface area (Å²) in [5.74, 6) is 1.04.